The number of likely N-dealkylation sites (N-methyl/N-ethyl adjacent to an activating group) is 1. The van der Waals surface area contributed by atoms with E-state index in [9.17, 15) is 8.42 Å². The van der Waals surface area contributed by atoms with Crippen molar-refractivity contribution in [1.82, 2.24) is 29.0 Å². The van der Waals surface area contributed by atoms with Crippen molar-refractivity contribution in [2.45, 2.75) is 11.4 Å². The number of nitrogens with zero attached hydrogens (tertiary/aromatic N) is 6. The van der Waals surface area contributed by atoms with E-state index in [1.54, 1.807) is 27.3 Å². The van der Waals surface area contributed by atoms with E-state index in [0.717, 1.165) is 29.7 Å². The highest BCUT2D eigenvalue weighted by molar-refractivity contribution is 7.89. The molecule has 10 heteroatoms. The van der Waals surface area contributed by atoms with Gasteiger partial charge in [0.05, 0.1) is 22.2 Å². The van der Waals surface area contributed by atoms with Gasteiger partial charge in [-0.3, -0.25) is 0 Å². The number of fused-ring (bicyclic) bond motifs is 1. The number of sulfonamides is 1. The maximum Gasteiger partial charge on any atom is 0.243 e. The molecule has 9 nitrogen and oxygen atoms in total. The monoisotopic (exact) mass is 463 g/mol. The van der Waals surface area contributed by atoms with Crippen molar-refractivity contribution in [2.75, 3.05) is 38.5 Å². The Kier molecular flexibility index (Phi) is 5.79. The lowest BCUT2D eigenvalue weighted by atomic mass is 10.2. The summed E-state index contributed by atoms with van der Waals surface area (Å²) in [4.78, 5) is 11.2. The molecule has 1 N–H and O–H groups in total. The Labute approximate surface area is 192 Å². The highest BCUT2D eigenvalue weighted by Gasteiger charge is 2.27. The van der Waals surface area contributed by atoms with Gasteiger partial charge < -0.3 is 10.2 Å². The van der Waals surface area contributed by atoms with Crippen LogP contribution in [0.5, 0.6) is 0 Å². The number of nitrogens with one attached hydrogen (secondary N) is 1. The molecule has 0 aliphatic carbocycles. The molecule has 0 atom stereocenters. The first-order valence-electron chi connectivity index (χ1n) is 10.8. The van der Waals surface area contributed by atoms with Crippen LogP contribution in [0.2, 0.25) is 0 Å². The van der Waals surface area contributed by atoms with E-state index >= 15 is 0 Å². The van der Waals surface area contributed by atoms with Crippen molar-refractivity contribution >= 4 is 26.9 Å². The van der Waals surface area contributed by atoms with Gasteiger partial charge in [-0.15, -0.1) is 0 Å². The number of hydrogen-bond acceptors (Lipinski definition) is 7. The summed E-state index contributed by atoms with van der Waals surface area (Å²) >= 11 is 0. The summed E-state index contributed by atoms with van der Waals surface area (Å²) in [5, 5.41) is 8.61. The van der Waals surface area contributed by atoms with Gasteiger partial charge in [-0.05, 0) is 36.9 Å². The molecule has 1 aliphatic rings. The summed E-state index contributed by atoms with van der Waals surface area (Å²) in [7, 11) is -1.46. The van der Waals surface area contributed by atoms with Crippen LogP contribution in [-0.4, -0.2) is 70.6 Å². The average Bonchev–Trinajstić information content (AvgIpc) is 3.29. The smallest absolute Gasteiger partial charge is 0.243 e. The normalized spacial score (nSPS) is 15.7. The number of hydrogen-bond donors (Lipinski definition) is 1. The minimum Gasteiger partial charge on any atom is -0.365 e. The summed E-state index contributed by atoms with van der Waals surface area (Å²) in [6, 6.07) is 16.8. The van der Waals surface area contributed by atoms with Gasteiger partial charge in [0, 0.05) is 32.7 Å². The average molecular weight is 464 g/mol. The lowest BCUT2D eigenvalue weighted by Gasteiger charge is -2.31. The molecule has 1 aliphatic heterocycles. The Bertz CT molecular complexity index is 1350. The quantitative estimate of drug-likeness (QED) is 0.469. The van der Waals surface area contributed by atoms with Crippen LogP contribution in [0, 0.1) is 0 Å². The second-order valence-electron chi connectivity index (χ2n) is 8.06. The molecule has 1 fully saturated rings. The fourth-order valence-electron chi connectivity index (χ4n) is 3.89. The van der Waals surface area contributed by atoms with Gasteiger partial charge >= 0.3 is 0 Å². The Morgan fingerprint density at radius 3 is 2.39 bits per heavy atom. The van der Waals surface area contributed by atoms with Gasteiger partial charge in [-0.2, -0.15) is 9.40 Å². The molecule has 170 valence electrons. The maximum absolute atomic E-state index is 12.9. The fraction of sp³-hybridized carbons (Fsp3) is 0.261. The Morgan fingerprint density at radius 2 is 1.67 bits per heavy atom. The molecule has 3 heterocycles. The first-order valence-corrected chi connectivity index (χ1v) is 12.2. The first kappa shape index (κ1) is 21.5. The Morgan fingerprint density at radius 1 is 0.939 bits per heavy atom. The van der Waals surface area contributed by atoms with E-state index in [4.69, 9.17) is 0 Å². The molecule has 0 saturated carbocycles. The minimum atomic E-state index is -3.47. The third-order valence-corrected chi connectivity index (χ3v) is 7.76. The zero-order chi connectivity index (χ0) is 22.8. The minimum absolute atomic E-state index is 0.323. The van der Waals surface area contributed by atoms with Gasteiger partial charge in [0.25, 0.3) is 0 Å². The number of benzene rings is 2. The predicted octanol–water partition coefficient (Wildman–Crippen LogP) is 2.36. The largest absolute Gasteiger partial charge is 0.365 e. The van der Waals surface area contributed by atoms with Crippen LogP contribution in [0.1, 0.15) is 5.56 Å². The molecular weight excluding hydrogens is 438 g/mol. The fourth-order valence-corrected chi connectivity index (χ4v) is 5.31. The van der Waals surface area contributed by atoms with Crippen LogP contribution >= 0.6 is 0 Å². The van der Waals surface area contributed by atoms with Crippen LogP contribution in [0.3, 0.4) is 0 Å². The van der Waals surface area contributed by atoms with Crippen molar-refractivity contribution in [3.05, 3.63) is 72.7 Å². The lowest BCUT2D eigenvalue weighted by Crippen LogP contribution is -2.46. The summed E-state index contributed by atoms with van der Waals surface area (Å²) in [6.45, 7) is 3.02. The summed E-state index contributed by atoms with van der Waals surface area (Å²) in [6.07, 6.45) is 3.26. The Balaban J connectivity index is 1.31. The van der Waals surface area contributed by atoms with E-state index < -0.39 is 10.0 Å². The van der Waals surface area contributed by atoms with E-state index in [1.807, 2.05) is 49.5 Å². The topological polar surface area (TPSA) is 96.2 Å². The van der Waals surface area contributed by atoms with E-state index in [0.29, 0.717) is 36.0 Å². The van der Waals surface area contributed by atoms with E-state index in [-0.39, 0.29) is 0 Å². The standard InChI is InChI=1S/C23H25N7O2S/c1-28-11-13-29(14-12-28)33(31,32)20-9-7-18(8-10-20)15-24-22-21-16-27-30(23(21)26-17-25-22)19-5-3-2-4-6-19/h2-10,16-17H,11-15H2,1H3,(H,24,25,26). The summed E-state index contributed by atoms with van der Waals surface area (Å²) in [5.74, 6) is 0.677. The summed E-state index contributed by atoms with van der Waals surface area (Å²) in [5.41, 5.74) is 2.59. The van der Waals surface area contributed by atoms with Crippen LogP contribution < -0.4 is 5.32 Å². The van der Waals surface area contributed by atoms with Gasteiger partial charge in [-0.25, -0.2) is 23.1 Å². The zero-order valence-electron chi connectivity index (χ0n) is 18.3. The second-order valence-corrected chi connectivity index (χ2v) is 9.99. The highest BCUT2D eigenvalue weighted by atomic mass is 32.2. The second kappa shape index (κ2) is 8.89. The van der Waals surface area contributed by atoms with Crippen molar-refractivity contribution in [3.8, 4) is 5.69 Å². The molecule has 2 aromatic heterocycles. The predicted molar refractivity (Wildman–Crippen MR) is 127 cm³/mol. The molecule has 0 amide bonds. The van der Waals surface area contributed by atoms with Crippen molar-refractivity contribution < 1.29 is 8.42 Å². The molecule has 2 aromatic carbocycles. The van der Waals surface area contributed by atoms with Crippen molar-refractivity contribution in [1.29, 1.82) is 0 Å². The number of anilines is 1. The molecular formula is C23H25N7O2S. The van der Waals surface area contributed by atoms with Crippen LogP contribution in [0.25, 0.3) is 16.7 Å². The third-order valence-electron chi connectivity index (χ3n) is 5.85. The molecule has 4 aromatic rings. The number of para-hydroxylation sites is 1. The van der Waals surface area contributed by atoms with Crippen molar-refractivity contribution in [2.24, 2.45) is 0 Å². The lowest BCUT2D eigenvalue weighted by molar-refractivity contribution is 0.222. The molecule has 0 unspecified atom stereocenters. The summed E-state index contributed by atoms with van der Waals surface area (Å²) < 4.78 is 29.2. The number of aromatic nitrogens is 4. The van der Waals surface area contributed by atoms with Crippen LogP contribution in [-0.2, 0) is 16.6 Å². The van der Waals surface area contributed by atoms with E-state index in [2.05, 4.69) is 25.3 Å². The molecule has 1 saturated heterocycles. The molecule has 5 rings (SSSR count). The SMILES string of the molecule is CN1CCN(S(=O)(=O)c2ccc(CNc3ncnc4c3cnn4-c3ccccc3)cc2)CC1. The third kappa shape index (κ3) is 4.32. The maximum atomic E-state index is 12.9. The molecule has 0 bridgehead atoms. The zero-order valence-corrected chi connectivity index (χ0v) is 19.1. The van der Waals surface area contributed by atoms with E-state index in [1.165, 1.54) is 6.33 Å². The van der Waals surface area contributed by atoms with Crippen LogP contribution in [0.15, 0.2) is 72.0 Å². The molecule has 33 heavy (non-hydrogen) atoms. The number of piperazine rings is 1. The number of rotatable bonds is 6. The Hall–Kier alpha value is -3.34. The first-order chi connectivity index (χ1) is 16.0. The van der Waals surface area contributed by atoms with Crippen molar-refractivity contribution in [3.63, 3.8) is 0 Å². The van der Waals surface area contributed by atoms with Gasteiger partial charge in [0.15, 0.2) is 5.65 Å². The van der Waals surface area contributed by atoms with Gasteiger partial charge in [-0.1, -0.05) is 30.3 Å². The highest BCUT2D eigenvalue weighted by Crippen LogP contribution is 2.23. The van der Waals surface area contributed by atoms with Gasteiger partial charge in [0.2, 0.25) is 10.0 Å². The molecule has 0 radical (unpaired) electrons. The van der Waals surface area contributed by atoms with Gasteiger partial charge in [0.1, 0.15) is 12.1 Å². The molecule has 0 spiro atoms. The van der Waals surface area contributed by atoms with Crippen LogP contribution in [0.4, 0.5) is 5.82 Å².